The van der Waals surface area contributed by atoms with Crippen molar-refractivity contribution >= 4 is 5.97 Å². The van der Waals surface area contributed by atoms with Gasteiger partial charge in [0.25, 0.3) is 0 Å². The quantitative estimate of drug-likeness (QED) is 0.282. The van der Waals surface area contributed by atoms with Crippen LogP contribution in [0.1, 0.15) is 117 Å². The van der Waals surface area contributed by atoms with Crippen LogP contribution in [0.5, 0.6) is 0 Å². The number of hydrogen-bond donors (Lipinski definition) is 1. The molecule has 0 saturated carbocycles. The molecule has 1 N–H and O–H groups in total. The van der Waals surface area contributed by atoms with Crippen LogP contribution in [0.4, 0.5) is 0 Å². The van der Waals surface area contributed by atoms with Gasteiger partial charge in [0.1, 0.15) is 6.10 Å². The van der Waals surface area contributed by atoms with Crippen molar-refractivity contribution in [3.8, 4) is 0 Å². The third kappa shape index (κ3) is 10.2. The number of unbranched alkanes of at least 4 members (excludes halogenated alkanes) is 11. The molecule has 1 saturated heterocycles. The largest absolute Gasteiger partial charge is 0.462 e. The van der Waals surface area contributed by atoms with Gasteiger partial charge < -0.3 is 9.84 Å². The summed E-state index contributed by atoms with van der Waals surface area (Å²) in [5, 5.41) is 10.3. The molecular formula is C22H42O3. The molecule has 1 rings (SSSR count). The van der Waals surface area contributed by atoms with E-state index in [1.165, 1.54) is 64.2 Å². The molecule has 0 aromatic heterocycles. The van der Waals surface area contributed by atoms with Gasteiger partial charge in [0.05, 0.1) is 12.0 Å². The molecule has 25 heavy (non-hydrogen) atoms. The SMILES string of the molecule is CCCCCCCCCCCC1CC(O)[C@H](CCCCCC)C(=O)O1. The average molecular weight is 355 g/mol. The van der Waals surface area contributed by atoms with Crippen molar-refractivity contribution in [3.05, 3.63) is 0 Å². The van der Waals surface area contributed by atoms with Crippen LogP contribution in [-0.2, 0) is 9.53 Å². The van der Waals surface area contributed by atoms with E-state index in [2.05, 4.69) is 13.8 Å². The van der Waals surface area contributed by atoms with E-state index in [1.807, 2.05) is 0 Å². The average Bonchev–Trinajstić information content (AvgIpc) is 2.59. The minimum Gasteiger partial charge on any atom is -0.462 e. The van der Waals surface area contributed by atoms with E-state index < -0.39 is 6.10 Å². The Labute approximate surface area is 155 Å². The Hall–Kier alpha value is -0.570. The second kappa shape index (κ2) is 14.6. The summed E-state index contributed by atoms with van der Waals surface area (Å²) in [6.45, 7) is 4.43. The maximum absolute atomic E-state index is 12.2. The van der Waals surface area contributed by atoms with Crippen molar-refractivity contribution in [1.29, 1.82) is 0 Å². The standard InChI is InChI=1S/C22H42O3/c1-3-5-7-9-10-11-12-13-14-16-19-18-21(23)20(22(24)25-19)17-15-8-6-4-2/h19-21,23H,3-18H2,1-2H3/t19?,20-,21?/m0/s1. The molecular weight excluding hydrogens is 312 g/mol. The maximum Gasteiger partial charge on any atom is 0.311 e. The summed E-state index contributed by atoms with van der Waals surface area (Å²) in [4.78, 5) is 12.2. The van der Waals surface area contributed by atoms with E-state index in [0.717, 1.165) is 32.1 Å². The molecule has 1 fully saturated rings. The Morgan fingerprint density at radius 1 is 0.800 bits per heavy atom. The van der Waals surface area contributed by atoms with E-state index in [4.69, 9.17) is 4.74 Å². The molecule has 2 unspecified atom stereocenters. The summed E-state index contributed by atoms with van der Waals surface area (Å²) in [6.07, 6.45) is 18.1. The molecule has 3 heteroatoms. The first-order valence-corrected chi connectivity index (χ1v) is 11.1. The van der Waals surface area contributed by atoms with Crippen molar-refractivity contribution < 1.29 is 14.6 Å². The molecule has 148 valence electrons. The lowest BCUT2D eigenvalue weighted by Gasteiger charge is -2.32. The van der Waals surface area contributed by atoms with Crippen LogP contribution in [0.25, 0.3) is 0 Å². The van der Waals surface area contributed by atoms with Crippen LogP contribution < -0.4 is 0 Å². The third-order valence-electron chi connectivity index (χ3n) is 5.55. The summed E-state index contributed by atoms with van der Waals surface area (Å²) in [6, 6.07) is 0. The Balaban J connectivity index is 2.06. The van der Waals surface area contributed by atoms with Gasteiger partial charge in [-0.15, -0.1) is 0 Å². The smallest absolute Gasteiger partial charge is 0.311 e. The zero-order valence-electron chi connectivity index (χ0n) is 16.8. The van der Waals surface area contributed by atoms with E-state index in [-0.39, 0.29) is 18.0 Å². The molecule has 3 atom stereocenters. The minimum absolute atomic E-state index is 0.0565. The second-order valence-electron chi connectivity index (χ2n) is 7.93. The Bertz CT molecular complexity index is 329. The lowest BCUT2D eigenvalue weighted by Crippen LogP contribution is -2.41. The number of aliphatic hydroxyl groups excluding tert-OH is 1. The van der Waals surface area contributed by atoms with Crippen LogP contribution in [0.15, 0.2) is 0 Å². The van der Waals surface area contributed by atoms with Crippen LogP contribution >= 0.6 is 0 Å². The Morgan fingerprint density at radius 3 is 1.84 bits per heavy atom. The molecule has 0 amide bonds. The number of aliphatic hydroxyl groups is 1. The zero-order valence-corrected chi connectivity index (χ0v) is 16.8. The molecule has 1 heterocycles. The molecule has 0 aromatic rings. The molecule has 0 aromatic carbocycles. The predicted molar refractivity (Wildman–Crippen MR) is 105 cm³/mol. The van der Waals surface area contributed by atoms with Crippen LogP contribution in [-0.4, -0.2) is 23.3 Å². The van der Waals surface area contributed by atoms with Crippen LogP contribution in [0.2, 0.25) is 0 Å². The molecule has 3 nitrogen and oxygen atoms in total. The highest BCUT2D eigenvalue weighted by molar-refractivity contribution is 5.74. The van der Waals surface area contributed by atoms with Gasteiger partial charge in [0, 0.05) is 6.42 Å². The molecule has 0 radical (unpaired) electrons. The van der Waals surface area contributed by atoms with E-state index in [0.29, 0.717) is 6.42 Å². The first-order chi connectivity index (χ1) is 12.2. The van der Waals surface area contributed by atoms with Crippen molar-refractivity contribution in [2.24, 2.45) is 5.92 Å². The van der Waals surface area contributed by atoms with Crippen LogP contribution in [0, 0.1) is 5.92 Å². The third-order valence-corrected chi connectivity index (χ3v) is 5.55. The predicted octanol–water partition coefficient (Wildman–Crippen LogP) is 6.17. The highest BCUT2D eigenvalue weighted by atomic mass is 16.5. The second-order valence-corrected chi connectivity index (χ2v) is 7.93. The number of cyclic esters (lactones) is 1. The van der Waals surface area contributed by atoms with Gasteiger partial charge >= 0.3 is 5.97 Å². The highest BCUT2D eigenvalue weighted by Gasteiger charge is 2.36. The van der Waals surface area contributed by atoms with Crippen molar-refractivity contribution in [2.75, 3.05) is 0 Å². The molecule has 1 aliphatic heterocycles. The summed E-state index contributed by atoms with van der Waals surface area (Å²) >= 11 is 0. The molecule has 0 spiro atoms. The summed E-state index contributed by atoms with van der Waals surface area (Å²) < 4.78 is 5.60. The molecule has 0 bridgehead atoms. The lowest BCUT2D eigenvalue weighted by molar-refractivity contribution is -0.170. The first-order valence-electron chi connectivity index (χ1n) is 11.1. The van der Waals surface area contributed by atoms with E-state index >= 15 is 0 Å². The van der Waals surface area contributed by atoms with Crippen molar-refractivity contribution in [2.45, 2.75) is 129 Å². The number of ether oxygens (including phenoxy) is 1. The van der Waals surface area contributed by atoms with Gasteiger partial charge in [-0.25, -0.2) is 0 Å². The van der Waals surface area contributed by atoms with Gasteiger partial charge in [0.2, 0.25) is 0 Å². The van der Waals surface area contributed by atoms with Crippen molar-refractivity contribution in [1.82, 2.24) is 0 Å². The fraction of sp³-hybridized carbons (Fsp3) is 0.955. The van der Waals surface area contributed by atoms with Gasteiger partial charge in [0.15, 0.2) is 0 Å². The summed E-state index contributed by atoms with van der Waals surface area (Å²) in [5.41, 5.74) is 0. The molecule has 0 aliphatic carbocycles. The fourth-order valence-corrected chi connectivity index (χ4v) is 3.85. The number of rotatable bonds is 15. The van der Waals surface area contributed by atoms with Gasteiger partial charge in [-0.1, -0.05) is 90.9 Å². The Morgan fingerprint density at radius 2 is 1.28 bits per heavy atom. The van der Waals surface area contributed by atoms with E-state index in [9.17, 15) is 9.90 Å². The first kappa shape index (κ1) is 22.5. The molecule has 1 aliphatic rings. The lowest BCUT2D eigenvalue weighted by atomic mass is 9.88. The monoisotopic (exact) mass is 354 g/mol. The number of carbonyl (C=O) groups is 1. The topological polar surface area (TPSA) is 46.5 Å². The number of esters is 1. The Kier molecular flexibility index (Phi) is 13.1. The van der Waals surface area contributed by atoms with Gasteiger partial charge in [-0.2, -0.15) is 0 Å². The maximum atomic E-state index is 12.2. The normalized spacial score (nSPS) is 23.6. The summed E-state index contributed by atoms with van der Waals surface area (Å²) in [5.74, 6) is -0.438. The number of hydrogen-bond acceptors (Lipinski definition) is 3. The van der Waals surface area contributed by atoms with Crippen LogP contribution in [0.3, 0.4) is 0 Å². The minimum atomic E-state index is -0.494. The van der Waals surface area contributed by atoms with Gasteiger partial charge in [-0.3, -0.25) is 4.79 Å². The number of carbonyl (C=O) groups excluding carboxylic acids is 1. The fourth-order valence-electron chi connectivity index (χ4n) is 3.85. The van der Waals surface area contributed by atoms with Crippen molar-refractivity contribution in [3.63, 3.8) is 0 Å². The highest BCUT2D eigenvalue weighted by Crippen LogP contribution is 2.28. The van der Waals surface area contributed by atoms with E-state index in [1.54, 1.807) is 0 Å². The summed E-state index contributed by atoms with van der Waals surface area (Å²) in [7, 11) is 0. The van der Waals surface area contributed by atoms with Gasteiger partial charge in [-0.05, 0) is 19.3 Å². The zero-order chi connectivity index (χ0) is 18.3.